The average Bonchev–Trinajstić information content (AvgIpc) is 3.22. The van der Waals surface area contributed by atoms with E-state index in [0.717, 1.165) is 16.8 Å². The summed E-state index contributed by atoms with van der Waals surface area (Å²) < 4.78 is 48.3. The summed E-state index contributed by atoms with van der Waals surface area (Å²) in [5.41, 5.74) is -0.231. The number of rotatable bonds is 5. The SMILES string of the molecule is CCN(C(=O)c1nn(-c2ccc(OC)c(Cl)c2)c(=O)c2c1c1ccccc1n2C)c1cccc(C(F)(F)F)c1. The van der Waals surface area contributed by atoms with Crippen LogP contribution in [0.2, 0.25) is 5.02 Å². The Morgan fingerprint density at radius 1 is 1.08 bits per heavy atom. The van der Waals surface area contributed by atoms with Gasteiger partial charge in [0.15, 0.2) is 5.69 Å². The first-order valence-corrected chi connectivity index (χ1v) is 12.3. The van der Waals surface area contributed by atoms with Gasteiger partial charge in [-0.15, -0.1) is 0 Å². The molecule has 0 bridgehead atoms. The van der Waals surface area contributed by atoms with Crippen molar-refractivity contribution in [2.24, 2.45) is 7.05 Å². The summed E-state index contributed by atoms with van der Waals surface area (Å²) in [7, 11) is 3.16. The third-order valence-corrected chi connectivity index (χ3v) is 6.86. The Balaban J connectivity index is 1.80. The molecule has 2 aromatic heterocycles. The van der Waals surface area contributed by atoms with Crippen molar-refractivity contribution in [2.45, 2.75) is 13.1 Å². The van der Waals surface area contributed by atoms with Gasteiger partial charge in [0, 0.05) is 35.6 Å². The fraction of sp³-hybridized carbons (Fsp3) is 0.179. The molecule has 0 spiro atoms. The van der Waals surface area contributed by atoms with Gasteiger partial charge in [0.25, 0.3) is 11.5 Å². The van der Waals surface area contributed by atoms with Crippen molar-refractivity contribution in [1.29, 1.82) is 0 Å². The molecule has 5 rings (SSSR count). The number of amides is 1. The fourth-order valence-corrected chi connectivity index (χ4v) is 4.96. The van der Waals surface area contributed by atoms with Gasteiger partial charge in [-0.1, -0.05) is 35.9 Å². The monoisotopic (exact) mass is 554 g/mol. The van der Waals surface area contributed by atoms with E-state index in [4.69, 9.17) is 16.3 Å². The van der Waals surface area contributed by atoms with Crippen LogP contribution in [0.5, 0.6) is 5.75 Å². The van der Waals surface area contributed by atoms with E-state index in [2.05, 4.69) is 5.10 Å². The highest BCUT2D eigenvalue weighted by Crippen LogP contribution is 2.34. The van der Waals surface area contributed by atoms with E-state index in [-0.39, 0.29) is 34.2 Å². The first kappa shape index (κ1) is 26.3. The molecule has 0 saturated heterocycles. The maximum Gasteiger partial charge on any atom is 0.416 e. The zero-order valence-corrected chi connectivity index (χ0v) is 21.8. The number of nitrogens with zero attached hydrogens (tertiary/aromatic N) is 4. The summed E-state index contributed by atoms with van der Waals surface area (Å²) in [5.74, 6) is -0.274. The molecule has 0 aliphatic rings. The number of ether oxygens (including phenoxy) is 1. The Bertz CT molecular complexity index is 1810. The van der Waals surface area contributed by atoms with Crippen LogP contribution in [0, 0.1) is 0 Å². The number of hydrogen-bond acceptors (Lipinski definition) is 4. The molecule has 2 heterocycles. The number of alkyl halides is 3. The predicted molar refractivity (Wildman–Crippen MR) is 144 cm³/mol. The van der Waals surface area contributed by atoms with Gasteiger partial charge in [0.2, 0.25) is 0 Å². The third kappa shape index (κ3) is 4.40. The summed E-state index contributed by atoms with van der Waals surface area (Å²) in [6, 6.07) is 16.3. The largest absolute Gasteiger partial charge is 0.495 e. The standard InChI is InChI=1S/C28H22ClF3N4O3/c1-4-35(17-9-7-8-16(14-17)28(30,31)32)26(37)24-23-19-10-5-6-11-21(19)34(2)25(23)27(38)36(33-24)18-12-13-22(39-3)20(29)15-18/h5-15H,4H2,1-3H3. The molecule has 0 radical (unpaired) electrons. The van der Waals surface area contributed by atoms with Gasteiger partial charge in [0.1, 0.15) is 11.3 Å². The van der Waals surface area contributed by atoms with Crippen LogP contribution >= 0.6 is 11.6 Å². The van der Waals surface area contributed by atoms with Crippen LogP contribution in [0.15, 0.2) is 71.5 Å². The van der Waals surface area contributed by atoms with Gasteiger partial charge in [0.05, 0.1) is 23.4 Å². The van der Waals surface area contributed by atoms with Crippen molar-refractivity contribution < 1.29 is 22.7 Å². The van der Waals surface area contributed by atoms with E-state index >= 15 is 0 Å². The van der Waals surface area contributed by atoms with Crippen LogP contribution in [0.25, 0.3) is 27.5 Å². The first-order chi connectivity index (χ1) is 18.6. The summed E-state index contributed by atoms with van der Waals surface area (Å²) in [4.78, 5) is 29.1. The molecule has 0 N–H and O–H groups in total. The maximum absolute atomic E-state index is 14.1. The second-order valence-electron chi connectivity index (χ2n) is 8.78. The number of methoxy groups -OCH3 is 1. The van der Waals surface area contributed by atoms with E-state index in [1.54, 1.807) is 48.9 Å². The van der Waals surface area contributed by atoms with Gasteiger partial charge in [-0.3, -0.25) is 9.59 Å². The number of aromatic nitrogens is 3. The number of benzene rings is 3. The Hall–Kier alpha value is -4.31. The molecule has 0 aliphatic heterocycles. The van der Waals surface area contributed by atoms with Crippen LogP contribution in [0.1, 0.15) is 23.0 Å². The normalized spacial score (nSPS) is 11.8. The lowest BCUT2D eigenvalue weighted by Gasteiger charge is -2.22. The summed E-state index contributed by atoms with van der Waals surface area (Å²) in [6.07, 6.45) is -4.58. The molecular weight excluding hydrogens is 533 g/mol. The number of fused-ring (bicyclic) bond motifs is 3. The maximum atomic E-state index is 14.1. The van der Waals surface area contributed by atoms with Crippen molar-refractivity contribution in [3.05, 3.63) is 93.4 Å². The quantitative estimate of drug-likeness (QED) is 0.258. The molecule has 0 fully saturated rings. The fourth-order valence-electron chi connectivity index (χ4n) is 4.71. The van der Waals surface area contributed by atoms with Crippen LogP contribution in [0.3, 0.4) is 0 Å². The first-order valence-electron chi connectivity index (χ1n) is 11.9. The highest BCUT2D eigenvalue weighted by molar-refractivity contribution is 6.32. The molecule has 3 aromatic carbocycles. The minimum Gasteiger partial charge on any atom is -0.495 e. The van der Waals surface area contributed by atoms with Crippen molar-refractivity contribution in [3.8, 4) is 11.4 Å². The number of carbonyl (C=O) groups is 1. The van der Waals surface area contributed by atoms with Gasteiger partial charge in [-0.25, -0.2) is 0 Å². The molecule has 0 saturated carbocycles. The molecule has 5 aromatic rings. The Labute approximate surface area is 225 Å². The molecule has 0 aliphatic carbocycles. The van der Waals surface area contributed by atoms with E-state index < -0.39 is 23.2 Å². The number of para-hydroxylation sites is 1. The number of hydrogen-bond donors (Lipinski definition) is 0. The zero-order valence-electron chi connectivity index (χ0n) is 21.1. The molecule has 39 heavy (non-hydrogen) atoms. The summed E-state index contributed by atoms with van der Waals surface area (Å²) in [6.45, 7) is 1.71. The van der Waals surface area contributed by atoms with Crippen LogP contribution < -0.4 is 15.2 Å². The van der Waals surface area contributed by atoms with Crippen molar-refractivity contribution in [3.63, 3.8) is 0 Å². The molecule has 11 heteroatoms. The van der Waals surface area contributed by atoms with E-state index in [9.17, 15) is 22.8 Å². The lowest BCUT2D eigenvalue weighted by molar-refractivity contribution is -0.137. The van der Waals surface area contributed by atoms with Gasteiger partial charge in [-0.2, -0.15) is 23.0 Å². The van der Waals surface area contributed by atoms with E-state index in [1.807, 2.05) is 6.07 Å². The summed E-state index contributed by atoms with van der Waals surface area (Å²) in [5, 5.41) is 5.63. The summed E-state index contributed by atoms with van der Waals surface area (Å²) >= 11 is 6.31. The number of carbonyl (C=O) groups excluding carboxylic acids is 1. The van der Waals surface area contributed by atoms with E-state index in [1.165, 1.54) is 30.2 Å². The highest BCUT2D eigenvalue weighted by atomic mass is 35.5. The molecule has 200 valence electrons. The molecule has 7 nitrogen and oxygen atoms in total. The van der Waals surface area contributed by atoms with Crippen LogP contribution in [-0.4, -0.2) is 33.9 Å². The Kier molecular flexibility index (Phi) is 6.59. The predicted octanol–water partition coefficient (Wildman–Crippen LogP) is 6.22. The molecule has 1 amide bonds. The number of anilines is 1. The minimum absolute atomic E-state index is 0.0535. The molecule has 0 atom stereocenters. The zero-order chi connectivity index (χ0) is 28.1. The van der Waals surface area contributed by atoms with Crippen molar-refractivity contribution in [2.75, 3.05) is 18.6 Å². The topological polar surface area (TPSA) is 69.4 Å². The number of aryl methyl sites for hydroxylation is 1. The smallest absolute Gasteiger partial charge is 0.416 e. The second-order valence-corrected chi connectivity index (χ2v) is 9.19. The molecular formula is C28H22ClF3N4O3. The van der Waals surface area contributed by atoms with Crippen molar-refractivity contribution >= 4 is 45.0 Å². The second kappa shape index (κ2) is 9.77. The Morgan fingerprint density at radius 3 is 2.49 bits per heavy atom. The number of halogens is 4. The minimum atomic E-state index is -4.58. The van der Waals surface area contributed by atoms with Gasteiger partial charge < -0.3 is 14.2 Å². The van der Waals surface area contributed by atoms with Crippen LogP contribution in [0.4, 0.5) is 18.9 Å². The molecule has 0 unspecified atom stereocenters. The van der Waals surface area contributed by atoms with Crippen LogP contribution in [-0.2, 0) is 13.2 Å². The lowest BCUT2D eigenvalue weighted by Crippen LogP contribution is -2.34. The third-order valence-electron chi connectivity index (χ3n) is 6.57. The highest BCUT2D eigenvalue weighted by Gasteiger charge is 2.32. The van der Waals surface area contributed by atoms with Crippen molar-refractivity contribution in [1.82, 2.24) is 14.3 Å². The average molecular weight is 555 g/mol. The van der Waals surface area contributed by atoms with E-state index in [0.29, 0.717) is 22.0 Å². The van der Waals surface area contributed by atoms with Gasteiger partial charge >= 0.3 is 6.18 Å². The lowest BCUT2D eigenvalue weighted by atomic mass is 10.1. The Morgan fingerprint density at radius 2 is 1.82 bits per heavy atom. The van der Waals surface area contributed by atoms with Gasteiger partial charge in [-0.05, 0) is 49.4 Å².